The molecule has 0 saturated carbocycles. The molecule has 13 heavy (non-hydrogen) atoms. The van der Waals surface area contributed by atoms with Crippen LogP contribution in [0.3, 0.4) is 0 Å². The zero-order valence-corrected chi connectivity index (χ0v) is 8.21. The van der Waals surface area contributed by atoms with Crippen molar-refractivity contribution in [1.29, 1.82) is 0 Å². The van der Waals surface area contributed by atoms with Gasteiger partial charge < -0.3 is 9.88 Å². The molecule has 68 valence electrons. The molecule has 0 unspecified atom stereocenters. The second-order valence-corrected chi connectivity index (χ2v) is 3.64. The summed E-state index contributed by atoms with van der Waals surface area (Å²) in [7, 11) is 2.00. The van der Waals surface area contributed by atoms with Crippen molar-refractivity contribution in [2.45, 2.75) is 6.54 Å². The fourth-order valence-electron chi connectivity index (χ4n) is 1.11. The summed E-state index contributed by atoms with van der Waals surface area (Å²) in [5, 5.41) is 7.47. The number of nitrogens with zero attached hydrogens (tertiary/aromatic N) is 2. The van der Waals surface area contributed by atoms with Gasteiger partial charge in [-0.1, -0.05) is 0 Å². The van der Waals surface area contributed by atoms with E-state index in [1.54, 1.807) is 11.3 Å². The Morgan fingerprint density at radius 1 is 1.62 bits per heavy atom. The first kappa shape index (κ1) is 8.31. The maximum atomic E-state index is 4.05. The van der Waals surface area contributed by atoms with Gasteiger partial charge in [0.05, 0.1) is 18.6 Å². The average molecular weight is 193 g/mol. The molecule has 0 fully saturated rings. The lowest BCUT2D eigenvalue weighted by Gasteiger charge is -2.03. The van der Waals surface area contributed by atoms with E-state index in [0.717, 1.165) is 6.54 Å². The van der Waals surface area contributed by atoms with E-state index in [2.05, 4.69) is 27.1 Å². The summed E-state index contributed by atoms with van der Waals surface area (Å²) in [6.45, 7) is 0.827. The first-order valence-corrected chi connectivity index (χ1v) is 5.02. The summed E-state index contributed by atoms with van der Waals surface area (Å²) in [5.41, 5.74) is 2.36. The number of hydrogen-bond donors (Lipinski definition) is 1. The molecule has 0 radical (unpaired) electrons. The minimum atomic E-state index is 0.827. The SMILES string of the molecule is Cn1cncc1CNc1ccsc1. The van der Waals surface area contributed by atoms with E-state index in [1.165, 1.54) is 11.4 Å². The van der Waals surface area contributed by atoms with Crippen molar-refractivity contribution < 1.29 is 0 Å². The molecule has 2 aromatic rings. The lowest BCUT2D eigenvalue weighted by molar-refractivity contribution is 0.838. The van der Waals surface area contributed by atoms with Crippen molar-refractivity contribution in [2.24, 2.45) is 7.05 Å². The molecule has 0 aliphatic rings. The molecule has 4 heteroatoms. The number of nitrogens with one attached hydrogen (secondary N) is 1. The highest BCUT2D eigenvalue weighted by molar-refractivity contribution is 7.08. The quantitative estimate of drug-likeness (QED) is 0.809. The molecule has 0 saturated heterocycles. The Morgan fingerprint density at radius 2 is 2.54 bits per heavy atom. The van der Waals surface area contributed by atoms with Gasteiger partial charge in [-0.25, -0.2) is 4.98 Å². The molecule has 0 spiro atoms. The normalized spacial score (nSPS) is 10.2. The van der Waals surface area contributed by atoms with Crippen molar-refractivity contribution in [1.82, 2.24) is 9.55 Å². The summed E-state index contributed by atoms with van der Waals surface area (Å²) in [6, 6.07) is 2.07. The molecule has 3 nitrogen and oxygen atoms in total. The Hall–Kier alpha value is -1.29. The van der Waals surface area contributed by atoms with Gasteiger partial charge >= 0.3 is 0 Å². The first-order valence-electron chi connectivity index (χ1n) is 4.07. The van der Waals surface area contributed by atoms with Crippen LogP contribution in [0, 0.1) is 0 Å². The molecule has 0 aliphatic carbocycles. The summed E-state index contributed by atoms with van der Waals surface area (Å²) in [4.78, 5) is 4.05. The van der Waals surface area contributed by atoms with E-state index in [4.69, 9.17) is 0 Å². The Kier molecular flexibility index (Phi) is 2.31. The molecule has 0 aromatic carbocycles. The van der Waals surface area contributed by atoms with Gasteiger partial charge in [0.25, 0.3) is 0 Å². The molecule has 2 heterocycles. The Bertz CT molecular complexity index is 364. The molecule has 0 bridgehead atoms. The molecule has 0 atom stereocenters. The summed E-state index contributed by atoms with van der Waals surface area (Å²) in [5.74, 6) is 0. The third kappa shape index (κ3) is 1.89. The predicted octanol–water partition coefficient (Wildman–Crippen LogP) is 2.09. The summed E-state index contributed by atoms with van der Waals surface area (Å²) >= 11 is 1.70. The highest BCUT2D eigenvalue weighted by Crippen LogP contribution is 2.12. The van der Waals surface area contributed by atoms with E-state index in [9.17, 15) is 0 Å². The maximum absolute atomic E-state index is 4.05. The second kappa shape index (κ2) is 3.62. The molecule has 1 N–H and O–H groups in total. The number of anilines is 1. The van der Waals surface area contributed by atoms with E-state index in [-0.39, 0.29) is 0 Å². The largest absolute Gasteiger partial charge is 0.379 e. The molecular weight excluding hydrogens is 182 g/mol. The molecule has 2 rings (SSSR count). The van der Waals surface area contributed by atoms with Gasteiger partial charge in [-0.3, -0.25) is 0 Å². The Labute approximate surface area is 81.0 Å². The van der Waals surface area contributed by atoms with Crippen molar-refractivity contribution in [3.8, 4) is 0 Å². The van der Waals surface area contributed by atoms with Gasteiger partial charge in [0.1, 0.15) is 0 Å². The van der Waals surface area contributed by atoms with Crippen molar-refractivity contribution in [3.05, 3.63) is 35.0 Å². The zero-order valence-electron chi connectivity index (χ0n) is 7.40. The van der Waals surface area contributed by atoms with Crippen LogP contribution in [0.4, 0.5) is 5.69 Å². The predicted molar refractivity (Wildman–Crippen MR) is 54.9 cm³/mol. The third-order valence-electron chi connectivity index (χ3n) is 1.91. The average Bonchev–Trinajstić information content (AvgIpc) is 2.72. The number of aryl methyl sites for hydroxylation is 1. The standard InChI is InChI=1S/C9H11N3S/c1-12-7-10-4-9(12)5-11-8-2-3-13-6-8/h2-4,6-7,11H,5H2,1H3. The second-order valence-electron chi connectivity index (χ2n) is 2.86. The highest BCUT2D eigenvalue weighted by Gasteiger charge is 1.97. The molecule has 0 amide bonds. The first-order chi connectivity index (χ1) is 6.36. The summed E-state index contributed by atoms with van der Waals surface area (Å²) in [6.07, 6.45) is 3.68. The summed E-state index contributed by atoms with van der Waals surface area (Å²) < 4.78 is 2.01. The Balaban J connectivity index is 1.97. The van der Waals surface area contributed by atoms with E-state index >= 15 is 0 Å². The van der Waals surface area contributed by atoms with Gasteiger partial charge in [-0.15, -0.1) is 0 Å². The van der Waals surface area contributed by atoms with Gasteiger partial charge in [0, 0.05) is 24.3 Å². The number of thiophene rings is 1. The Morgan fingerprint density at radius 3 is 3.15 bits per heavy atom. The topological polar surface area (TPSA) is 29.9 Å². The number of rotatable bonds is 3. The van der Waals surface area contributed by atoms with E-state index in [1.807, 2.05) is 24.1 Å². The van der Waals surface area contributed by atoms with Crippen LogP contribution in [-0.4, -0.2) is 9.55 Å². The zero-order chi connectivity index (χ0) is 9.10. The lowest BCUT2D eigenvalue weighted by atomic mass is 10.4. The van der Waals surface area contributed by atoms with Crippen LogP contribution < -0.4 is 5.32 Å². The van der Waals surface area contributed by atoms with Crippen LogP contribution >= 0.6 is 11.3 Å². The minimum Gasteiger partial charge on any atom is -0.379 e. The molecular formula is C9H11N3S. The smallest absolute Gasteiger partial charge is 0.0946 e. The number of hydrogen-bond acceptors (Lipinski definition) is 3. The minimum absolute atomic E-state index is 0.827. The number of imidazole rings is 1. The fourth-order valence-corrected chi connectivity index (χ4v) is 1.72. The van der Waals surface area contributed by atoms with Crippen LogP contribution in [0.2, 0.25) is 0 Å². The van der Waals surface area contributed by atoms with Gasteiger partial charge in [0.15, 0.2) is 0 Å². The van der Waals surface area contributed by atoms with E-state index < -0.39 is 0 Å². The number of aromatic nitrogens is 2. The van der Waals surface area contributed by atoms with Crippen molar-refractivity contribution >= 4 is 17.0 Å². The third-order valence-corrected chi connectivity index (χ3v) is 2.59. The van der Waals surface area contributed by atoms with Crippen LogP contribution in [0.5, 0.6) is 0 Å². The van der Waals surface area contributed by atoms with E-state index in [0.29, 0.717) is 0 Å². The van der Waals surface area contributed by atoms with Crippen LogP contribution in [0.15, 0.2) is 29.4 Å². The monoisotopic (exact) mass is 193 g/mol. The van der Waals surface area contributed by atoms with Crippen molar-refractivity contribution in [3.63, 3.8) is 0 Å². The van der Waals surface area contributed by atoms with Gasteiger partial charge in [0.2, 0.25) is 0 Å². The van der Waals surface area contributed by atoms with Crippen LogP contribution in [0.1, 0.15) is 5.69 Å². The van der Waals surface area contributed by atoms with Gasteiger partial charge in [-0.2, -0.15) is 11.3 Å². The fraction of sp³-hybridized carbons (Fsp3) is 0.222. The van der Waals surface area contributed by atoms with Crippen molar-refractivity contribution in [2.75, 3.05) is 5.32 Å². The van der Waals surface area contributed by atoms with Crippen LogP contribution in [-0.2, 0) is 13.6 Å². The molecule has 0 aliphatic heterocycles. The van der Waals surface area contributed by atoms with Crippen LogP contribution in [0.25, 0.3) is 0 Å². The lowest BCUT2D eigenvalue weighted by Crippen LogP contribution is -2.02. The maximum Gasteiger partial charge on any atom is 0.0946 e. The highest BCUT2D eigenvalue weighted by atomic mass is 32.1. The van der Waals surface area contributed by atoms with Gasteiger partial charge in [-0.05, 0) is 11.4 Å². The molecule has 2 aromatic heterocycles.